The van der Waals surface area contributed by atoms with E-state index in [1.165, 1.54) is 0 Å². The summed E-state index contributed by atoms with van der Waals surface area (Å²) in [4.78, 5) is 4.24. The first-order valence-electron chi connectivity index (χ1n) is 5.24. The molecule has 1 atom stereocenters. The Balaban J connectivity index is 2.40. The number of fused-ring (bicyclic) bond motifs is 1. The molecule has 1 heterocycles. The second kappa shape index (κ2) is 4.37. The van der Waals surface area contributed by atoms with E-state index in [2.05, 4.69) is 10.3 Å². The molecule has 0 saturated heterocycles. The van der Waals surface area contributed by atoms with Crippen molar-refractivity contribution < 1.29 is 5.11 Å². The molecule has 0 aliphatic rings. The van der Waals surface area contributed by atoms with Gasteiger partial charge in [0.25, 0.3) is 0 Å². The first-order valence-corrected chi connectivity index (χ1v) is 5.24. The fourth-order valence-electron chi connectivity index (χ4n) is 1.55. The van der Waals surface area contributed by atoms with Gasteiger partial charge in [0.2, 0.25) is 0 Å². The first-order chi connectivity index (χ1) is 7.66. The molecular weight excluding hydrogens is 202 g/mol. The van der Waals surface area contributed by atoms with Gasteiger partial charge < -0.3 is 16.2 Å². The Labute approximate surface area is 94.1 Å². The van der Waals surface area contributed by atoms with Crippen molar-refractivity contribution in [2.45, 2.75) is 13.0 Å². The van der Waals surface area contributed by atoms with Gasteiger partial charge in [0.1, 0.15) is 11.6 Å². The van der Waals surface area contributed by atoms with E-state index in [0.717, 1.165) is 16.6 Å². The molecule has 2 aromatic rings. The van der Waals surface area contributed by atoms with Crippen LogP contribution in [0.3, 0.4) is 0 Å². The molecule has 0 saturated carbocycles. The molecule has 4 nitrogen and oxygen atoms in total. The number of rotatable bonds is 3. The van der Waals surface area contributed by atoms with E-state index in [9.17, 15) is 5.11 Å². The van der Waals surface area contributed by atoms with Crippen LogP contribution in [0.5, 0.6) is 5.75 Å². The van der Waals surface area contributed by atoms with Gasteiger partial charge in [0.15, 0.2) is 0 Å². The van der Waals surface area contributed by atoms with Crippen molar-refractivity contribution in [1.82, 2.24) is 4.98 Å². The maximum Gasteiger partial charge on any atom is 0.134 e. The summed E-state index contributed by atoms with van der Waals surface area (Å²) < 4.78 is 0. The predicted octanol–water partition coefficient (Wildman–Crippen LogP) is 1.70. The highest BCUT2D eigenvalue weighted by Crippen LogP contribution is 2.24. The number of benzene rings is 1. The van der Waals surface area contributed by atoms with Crippen LogP contribution in [-0.4, -0.2) is 22.7 Å². The Morgan fingerprint density at radius 3 is 3.00 bits per heavy atom. The van der Waals surface area contributed by atoms with Crippen molar-refractivity contribution in [3.8, 4) is 5.75 Å². The Hall–Kier alpha value is -1.81. The maximum absolute atomic E-state index is 9.45. The third kappa shape index (κ3) is 2.23. The highest BCUT2D eigenvalue weighted by Gasteiger charge is 2.03. The number of nitrogens with one attached hydrogen (secondary N) is 1. The molecule has 16 heavy (non-hydrogen) atoms. The van der Waals surface area contributed by atoms with Crippen molar-refractivity contribution >= 4 is 16.6 Å². The van der Waals surface area contributed by atoms with E-state index in [4.69, 9.17) is 5.73 Å². The molecular formula is C12H15N3O. The van der Waals surface area contributed by atoms with E-state index < -0.39 is 0 Å². The summed E-state index contributed by atoms with van der Waals surface area (Å²) in [6.45, 7) is 2.58. The Morgan fingerprint density at radius 2 is 2.25 bits per heavy atom. The van der Waals surface area contributed by atoms with E-state index in [1.54, 1.807) is 18.3 Å². The number of hydrogen-bond acceptors (Lipinski definition) is 4. The second-order valence-electron chi connectivity index (χ2n) is 3.92. The third-order valence-corrected chi connectivity index (χ3v) is 2.34. The SMILES string of the molecule is CC(N)CNc1nccc2ccc(O)cc12. The molecule has 0 bridgehead atoms. The minimum atomic E-state index is 0.0642. The van der Waals surface area contributed by atoms with Crippen LogP contribution in [0.25, 0.3) is 10.8 Å². The van der Waals surface area contributed by atoms with Crippen LogP contribution >= 0.6 is 0 Å². The molecule has 1 aromatic heterocycles. The van der Waals surface area contributed by atoms with Gasteiger partial charge in [0, 0.05) is 24.2 Å². The number of nitrogens with two attached hydrogens (primary N) is 1. The van der Waals surface area contributed by atoms with Gasteiger partial charge in [-0.05, 0) is 30.5 Å². The standard InChI is InChI=1S/C12H15N3O/c1-8(13)7-15-12-11-6-10(16)3-2-9(11)4-5-14-12/h2-6,8,16H,7,13H2,1H3,(H,14,15). The van der Waals surface area contributed by atoms with Crippen LogP contribution in [0, 0.1) is 0 Å². The zero-order valence-electron chi connectivity index (χ0n) is 9.14. The predicted molar refractivity (Wildman–Crippen MR) is 65.5 cm³/mol. The normalized spacial score (nSPS) is 12.6. The lowest BCUT2D eigenvalue weighted by atomic mass is 10.1. The molecule has 4 heteroatoms. The highest BCUT2D eigenvalue weighted by molar-refractivity contribution is 5.92. The smallest absolute Gasteiger partial charge is 0.134 e. The molecule has 4 N–H and O–H groups in total. The van der Waals surface area contributed by atoms with Gasteiger partial charge in [-0.15, -0.1) is 0 Å². The molecule has 84 valence electrons. The number of aromatic nitrogens is 1. The molecule has 1 unspecified atom stereocenters. The number of aromatic hydroxyl groups is 1. The van der Waals surface area contributed by atoms with Crippen LogP contribution in [0.1, 0.15) is 6.92 Å². The summed E-state index contributed by atoms with van der Waals surface area (Å²) in [6.07, 6.45) is 1.74. The number of hydrogen-bond donors (Lipinski definition) is 3. The van der Waals surface area contributed by atoms with E-state index in [0.29, 0.717) is 6.54 Å². The summed E-state index contributed by atoms with van der Waals surface area (Å²) >= 11 is 0. The maximum atomic E-state index is 9.45. The lowest BCUT2D eigenvalue weighted by Crippen LogP contribution is -2.25. The van der Waals surface area contributed by atoms with Gasteiger partial charge >= 0.3 is 0 Å². The zero-order chi connectivity index (χ0) is 11.5. The molecule has 0 aliphatic carbocycles. The van der Waals surface area contributed by atoms with Gasteiger partial charge in [-0.3, -0.25) is 0 Å². The first kappa shape index (κ1) is 10.7. The molecule has 0 spiro atoms. The Bertz CT molecular complexity index is 497. The minimum absolute atomic E-state index is 0.0642. The van der Waals surface area contributed by atoms with Crippen molar-refractivity contribution in [1.29, 1.82) is 0 Å². The fraction of sp³-hybridized carbons (Fsp3) is 0.250. The van der Waals surface area contributed by atoms with E-state index in [-0.39, 0.29) is 11.8 Å². The van der Waals surface area contributed by atoms with Crippen molar-refractivity contribution in [3.05, 3.63) is 30.5 Å². The molecule has 0 amide bonds. The van der Waals surface area contributed by atoms with Crippen molar-refractivity contribution in [3.63, 3.8) is 0 Å². The van der Waals surface area contributed by atoms with Crippen molar-refractivity contribution in [2.75, 3.05) is 11.9 Å². The number of pyridine rings is 1. The molecule has 0 fully saturated rings. The summed E-state index contributed by atoms with van der Waals surface area (Å²) in [5.41, 5.74) is 5.67. The van der Waals surface area contributed by atoms with Crippen LogP contribution < -0.4 is 11.1 Å². The summed E-state index contributed by atoms with van der Waals surface area (Å²) in [5.74, 6) is 0.995. The topological polar surface area (TPSA) is 71.2 Å². The van der Waals surface area contributed by atoms with Crippen LogP contribution in [0.15, 0.2) is 30.5 Å². The van der Waals surface area contributed by atoms with Crippen LogP contribution in [-0.2, 0) is 0 Å². The largest absolute Gasteiger partial charge is 0.508 e. The molecule has 0 radical (unpaired) electrons. The minimum Gasteiger partial charge on any atom is -0.508 e. The highest BCUT2D eigenvalue weighted by atomic mass is 16.3. The van der Waals surface area contributed by atoms with E-state index in [1.807, 2.05) is 19.1 Å². The zero-order valence-corrected chi connectivity index (χ0v) is 9.14. The van der Waals surface area contributed by atoms with Gasteiger partial charge in [-0.2, -0.15) is 0 Å². The lowest BCUT2D eigenvalue weighted by molar-refractivity contribution is 0.476. The summed E-state index contributed by atoms with van der Waals surface area (Å²) in [6, 6.07) is 7.20. The molecule has 2 rings (SSSR count). The van der Waals surface area contributed by atoms with Gasteiger partial charge in [-0.25, -0.2) is 4.98 Å². The average molecular weight is 217 g/mol. The van der Waals surface area contributed by atoms with Gasteiger partial charge in [0.05, 0.1) is 0 Å². The number of anilines is 1. The fourth-order valence-corrected chi connectivity index (χ4v) is 1.55. The summed E-state index contributed by atoms with van der Waals surface area (Å²) in [5, 5.41) is 14.6. The van der Waals surface area contributed by atoms with Crippen molar-refractivity contribution in [2.24, 2.45) is 5.73 Å². The number of nitrogens with zero attached hydrogens (tertiary/aromatic N) is 1. The molecule has 0 aliphatic heterocycles. The van der Waals surface area contributed by atoms with E-state index >= 15 is 0 Å². The Kier molecular flexibility index (Phi) is 2.92. The van der Waals surface area contributed by atoms with Gasteiger partial charge in [-0.1, -0.05) is 6.07 Å². The third-order valence-electron chi connectivity index (χ3n) is 2.34. The quantitative estimate of drug-likeness (QED) is 0.731. The lowest BCUT2D eigenvalue weighted by Gasteiger charge is -2.10. The van der Waals surface area contributed by atoms with Crippen LogP contribution in [0.2, 0.25) is 0 Å². The number of phenols is 1. The Morgan fingerprint density at radius 1 is 1.44 bits per heavy atom. The second-order valence-corrected chi connectivity index (χ2v) is 3.92. The molecule has 1 aromatic carbocycles. The van der Waals surface area contributed by atoms with Crippen LogP contribution in [0.4, 0.5) is 5.82 Å². The monoisotopic (exact) mass is 217 g/mol. The number of phenolic OH excluding ortho intramolecular Hbond substituents is 1. The summed E-state index contributed by atoms with van der Waals surface area (Å²) in [7, 11) is 0. The average Bonchev–Trinajstić information content (AvgIpc) is 2.26.